The summed E-state index contributed by atoms with van der Waals surface area (Å²) in [6, 6.07) is 0. The highest BCUT2D eigenvalue weighted by Crippen LogP contribution is 2.40. The lowest BCUT2D eigenvalue weighted by molar-refractivity contribution is 0.199. The summed E-state index contributed by atoms with van der Waals surface area (Å²) in [6.07, 6.45) is 6.32. The summed E-state index contributed by atoms with van der Waals surface area (Å²) in [6.45, 7) is 10.2. The van der Waals surface area contributed by atoms with Gasteiger partial charge in [0.05, 0.1) is 5.69 Å². The Morgan fingerprint density at radius 2 is 1.85 bits per heavy atom. The number of piperidine rings is 1. The smallest absolute Gasteiger partial charge is 0.185 e. The zero-order valence-corrected chi connectivity index (χ0v) is 14.3. The molecule has 0 unspecified atom stereocenters. The molecule has 1 saturated heterocycles. The Bertz CT molecular complexity index is 413. The van der Waals surface area contributed by atoms with Crippen LogP contribution in [0.4, 0.5) is 5.13 Å². The van der Waals surface area contributed by atoms with Gasteiger partial charge in [0.25, 0.3) is 0 Å². The summed E-state index contributed by atoms with van der Waals surface area (Å²) in [7, 11) is 2.01. The Kier molecular flexibility index (Phi) is 5.44. The lowest BCUT2D eigenvalue weighted by Gasteiger charge is -2.41. The minimum Gasteiger partial charge on any atom is -0.348 e. The second-order valence-corrected chi connectivity index (χ2v) is 7.01. The van der Waals surface area contributed by atoms with Crippen molar-refractivity contribution in [2.75, 3.05) is 25.0 Å². The number of anilines is 1. The summed E-state index contributed by atoms with van der Waals surface area (Å²) in [4.78, 5) is 8.79. The highest BCUT2D eigenvalue weighted by atomic mass is 32.1. The lowest BCUT2D eigenvalue weighted by Crippen LogP contribution is -2.39. The molecule has 0 aliphatic carbocycles. The van der Waals surface area contributed by atoms with Crippen molar-refractivity contribution in [3.63, 3.8) is 0 Å². The first-order valence-corrected chi connectivity index (χ1v) is 8.87. The Balaban J connectivity index is 2.07. The molecule has 0 atom stereocenters. The van der Waals surface area contributed by atoms with Gasteiger partial charge in [0, 0.05) is 24.5 Å². The van der Waals surface area contributed by atoms with E-state index in [0.29, 0.717) is 5.41 Å². The fourth-order valence-corrected chi connectivity index (χ4v) is 4.42. The maximum atomic E-state index is 4.87. The topological polar surface area (TPSA) is 28.2 Å². The van der Waals surface area contributed by atoms with Crippen LogP contribution in [0.3, 0.4) is 0 Å². The summed E-state index contributed by atoms with van der Waals surface area (Å²) in [5.41, 5.74) is 1.87. The van der Waals surface area contributed by atoms with E-state index in [-0.39, 0.29) is 0 Å². The van der Waals surface area contributed by atoms with Crippen molar-refractivity contribution in [3.8, 4) is 0 Å². The van der Waals surface area contributed by atoms with Gasteiger partial charge in [0.15, 0.2) is 5.13 Å². The van der Waals surface area contributed by atoms with E-state index >= 15 is 0 Å². The molecule has 1 aliphatic rings. The van der Waals surface area contributed by atoms with Crippen molar-refractivity contribution in [3.05, 3.63) is 10.6 Å². The predicted molar refractivity (Wildman–Crippen MR) is 88.7 cm³/mol. The largest absolute Gasteiger partial charge is 0.348 e. The van der Waals surface area contributed by atoms with Crippen LogP contribution in [0.15, 0.2) is 0 Å². The van der Waals surface area contributed by atoms with E-state index in [9.17, 15) is 0 Å². The van der Waals surface area contributed by atoms with Crippen LogP contribution >= 0.6 is 11.3 Å². The number of nitrogens with one attached hydrogen (secondary N) is 1. The number of thiazole rings is 1. The quantitative estimate of drug-likeness (QED) is 0.864. The fraction of sp³-hybridized carbons (Fsp3) is 0.812. The van der Waals surface area contributed by atoms with Gasteiger partial charge < -0.3 is 10.2 Å². The van der Waals surface area contributed by atoms with E-state index in [1.54, 1.807) is 0 Å². The second kappa shape index (κ2) is 6.90. The SMILES string of the molecule is CCc1nc(N2CCC(CC)(CC)CC2)sc1CNC. The molecule has 3 nitrogen and oxygen atoms in total. The minimum atomic E-state index is 0.592. The van der Waals surface area contributed by atoms with Crippen LogP contribution in [0.1, 0.15) is 57.0 Å². The molecule has 1 N–H and O–H groups in total. The molecular formula is C16H29N3S. The Morgan fingerprint density at radius 3 is 2.35 bits per heavy atom. The van der Waals surface area contributed by atoms with Crippen molar-refractivity contribution >= 4 is 16.5 Å². The molecule has 0 radical (unpaired) electrons. The first-order valence-electron chi connectivity index (χ1n) is 8.06. The third-order valence-electron chi connectivity index (χ3n) is 5.03. The molecule has 0 bridgehead atoms. The number of hydrogen-bond acceptors (Lipinski definition) is 4. The van der Waals surface area contributed by atoms with E-state index in [2.05, 4.69) is 31.0 Å². The van der Waals surface area contributed by atoms with Crippen LogP contribution in [0.25, 0.3) is 0 Å². The normalized spacial score (nSPS) is 18.5. The molecule has 114 valence electrons. The first kappa shape index (κ1) is 15.8. The number of nitrogens with zero attached hydrogens (tertiary/aromatic N) is 2. The van der Waals surface area contributed by atoms with Crippen molar-refractivity contribution < 1.29 is 0 Å². The fourth-order valence-electron chi connectivity index (χ4n) is 3.21. The molecule has 0 spiro atoms. The van der Waals surface area contributed by atoms with Crippen LogP contribution in [0.2, 0.25) is 0 Å². The zero-order valence-electron chi connectivity index (χ0n) is 13.5. The van der Waals surface area contributed by atoms with E-state index in [1.807, 2.05) is 18.4 Å². The summed E-state index contributed by atoms with van der Waals surface area (Å²) >= 11 is 1.88. The second-order valence-electron chi connectivity index (χ2n) is 5.94. The third kappa shape index (κ3) is 3.17. The van der Waals surface area contributed by atoms with Crippen LogP contribution in [-0.2, 0) is 13.0 Å². The van der Waals surface area contributed by atoms with Crippen LogP contribution < -0.4 is 10.2 Å². The van der Waals surface area contributed by atoms with E-state index in [1.165, 1.54) is 54.5 Å². The average Bonchev–Trinajstić information content (AvgIpc) is 2.91. The van der Waals surface area contributed by atoms with E-state index < -0.39 is 0 Å². The van der Waals surface area contributed by atoms with Gasteiger partial charge in [0.1, 0.15) is 0 Å². The molecule has 0 amide bonds. The van der Waals surface area contributed by atoms with Crippen LogP contribution in [0.5, 0.6) is 0 Å². The number of hydrogen-bond donors (Lipinski definition) is 1. The van der Waals surface area contributed by atoms with Gasteiger partial charge in [-0.15, -0.1) is 11.3 Å². The standard InChI is InChI=1S/C16H29N3S/c1-5-13-14(12-17-4)20-15(18-13)19-10-8-16(6-2,7-3)9-11-19/h17H,5-12H2,1-4H3. The zero-order chi connectivity index (χ0) is 14.6. The number of aryl methyl sites for hydroxylation is 1. The minimum absolute atomic E-state index is 0.592. The van der Waals surface area contributed by atoms with Gasteiger partial charge in [-0.25, -0.2) is 4.98 Å². The van der Waals surface area contributed by atoms with Gasteiger partial charge >= 0.3 is 0 Å². The predicted octanol–water partition coefficient (Wildman–Crippen LogP) is 3.83. The maximum absolute atomic E-state index is 4.87. The van der Waals surface area contributed by atoms with E-state index in [0.717, 1.165) is 13.0 Å². The molecule has 1 aromatic rings. The van der Waals surface area contributed by atoms with Crippen molar-refractivity contribution in [1.82, 2.24) is 10.3 Å². The van der Waals surface area contributed by atoms with Gasteiger partial charge in [-0.05, 0) is 31.7 Å². The monoisotopic (exact) mass is 295 g/mol. The van der Waals surface area contributed by atoms with E-state index in [4.69, 9.17) is 4.98 Å². The van der Waals surface area contributed by atoms with Crippen molar-refractivity contribution in [2.45, 2.75) is 59.4 Å². The molecule has 1 aromatic heterocycles. The molecular weight excluding hydrogens is 266 g/mol. The Labute approximate surface area is 127 Å². The molecule has 1 aliphatic heterocycles. The molecule has 0 aromatic carbocycles. The molecule has 4 heteroatoms. The first-order chi connectivity index (χ1) is 9.68. The highest BCUT2D eigenvalue weighted by molar-refractivity contribution is 7.15. The van der Waals surface area contributed by atoms with Crippen LogP contribution in [-0.4, -0.2) is 25.1 Å². The molecule has 2 heterocycles. The molecule has 1 fully saturated rings. The van der Waals surface area contributed by atoms with Crippen molar-refractivity contribution in [2.24, 2.45) is 5.41 Å². The number of rotatable bonds is 6. The average molecular weight is 295 g/mol. The lowest BCUT2D eigenvalue weighted by atomic mass is 9.74. The molecule has 0 saturated carbocycles. The third-order valence-corrected chi connectivity index (χ3v) is 6.19. The van der Waals surface area contributed by atoms with Gasteiger partial charge in [-0.1, -0.05) is 33.6 Å². The van der Waals surface area contributed by atoms with Gasteiger partial charge in [-0.2, -0.15) is 0 Å². The molecule has 2 rings (SSSR count). The Morgan fingerprint density at radius 1 is 1.20 bits per heavy atom. The van der Waals surface area contributed by atoms with Crippen LogP contribution in [0, 0.1) is 5.41 Å². The summed E-state index contributed by atoms with van der Waals surface area (Å²) in [5, 5.41) is 4.50. The van der Waals surface area contributed by atoms with Crippen molar-refractivity contribution in [1.29, 1.82) is 0 Å². The van der Waals surface area contributed by atoms with Gasteiger partial charge in [0.2, 0.25) is 0 Å². The van der Waals surface area contributed by atoms with Gasteiger partial charge in [-0.3, -0.25) is 0 Å². The number of aromatic nitrogens is 1. The summed E-state index contributed by atoms with van der Waals surface area (Å²) < 4.78 is 0. The molecule has 20 heavy (non-hydrogen) atoms. The maximum Gasteiger partial charge on any atom is 0.185 e. The summed E-state index contributed by atoms with van der Waals surface area (Å²) in [5.74, 6) is 0. The highest BCUT2D eigenvalue weighted by Gasteiger charge is 2.32. The Hall–Kier alpha value is -0.610.